The molecule has 3 amide bonds. The van der Waals surface area contributed by atoms with Crippen LogP contribution in [-0.2, 0) is 4.74 Å². The van der Waals surface area contributed by atoms with Crippen LogP contribution in [0.5, 0.6) is 0 Å². The molecule has 1 fully saturated rings. The van der Waals surface area contributed by atoms with Gasteiger partial charge in [0.1, 0.15) is 0 Å². The molecule has 1 aliphatic heterocycles. The number of hydrogen-bond acceptors (Lipinski definition) is 3. The van der Waals surface area contributed by atoms with Crippen molar-refractivity contribution >= 4 is 22.7 Å². The Morgan fingerprint density at radius 3 is 2.81 bits per heavy atom. The summed E-state index contributed by atoms with van der Waals surface area (Å²) < 4.78 is 4.96. The number of ether oxygens (including phenoxy) is 1. The fourth-order valence-corrected chi connectivity index (χ4v) is 3.54. The molecule has 2 aromatic rings. The highest BCUT2D eigenvalue weighted by Gasteiger charge is 2.24. The number of rotatable bonds is 6. The summed E-state index contributed by atoms with van der Waals surface area (Å²) >= 11 is 0. The van der Waals surface area contributed by atoms with E-state index in [1.165, 1.54) is 0 Å². The summed E-state index contributed by atoms with van der Waals surface area (Å²) in [5.74, 6) is 0.208. The summed E-state index contributed by atoms with van der Waals surface area (Å²) in [6.07, 6.45) is 1.96. The maximum absolute atomic E-state index is 12.7. The van der Waals surface area contributed by atoms with Gasteiger partial charge in [-0.25, -0.2) is 4.79 Å². The Kier molecular flexibility index (Phi) is 6.65. The number of urea groups is 1. The molecular weight excluding hydrogens is 342 g/mol. The second-order valence-corrected chi connectivity index (χ2v) is 6.92. The summed E-state index contributed by atoms with van der Waals surface area (Å²) in [4.78, 5) is 26.7. The molecule has 144 valence electrons. The zero-order chi connectivity index (χ0) is 19.1. The first-order valence-electron chi connectivity index (χ1n) is 9.46. The van der Waals surface area contributed by atoms with Gasteiger partial charge in [0.2, 0.25) is 0 Å². The van der Waals surface area contributed by atoms with Gasteiger partial charge >= 0.3 is 6.03 Å². The van der Waals surface area contributed by atoms with Gasteiger partial charge in [0.25, 0.3) is 5.91 Å². The number of piperidine rings is 1. The summed E-state index contributed by atoms with van der Waals surface area (Å²) in [7, 11) is 1.61. The molecule has 0 bridgehead atoms. The average Bonchev–Trinajstić information content (AvgIpc) is 2.72. The SMILES string of the molecule is COCCNC(=O)N1CCC[C@@H](CNC(=O)c2cccc3ccccc23)C1. The molecule has 0 radical (unpaired) electrons. The molecule has 27 heavy (non-hydrogen) atoms. The van der Waals surface area contributed by atoms with Crippen molar-refractivity contribution in [2.24, 2.45) is 5.92 Å². The molecule has 1 saturated heterocycles. The highest BCUT2D eigenvalue weighted by Crippen LogP contribution is 2.19. The van der Waals surface area contributed by atoms with E-state index in [0.717, 1.165) is 30.2 Å². The van der Waals surface area contributed by atoms with E-state index >= 15 is 0 Å². The first kappa shape index (κ1) is 19.2. The lowest BCUT2D eigenvalue weighted by molar-refractivity contribution is 0.0939. The fraction of sp³-hybridized carbons (Fsp3) is 0.429. The van der Waals surface area contributed by atoms with Crippen LogP contribution in [0, 0.1) is 5.92 Å². The number of nitrogens with zero attached hydrogens (tertiary/aromatic N) is 1. The van der Waals surface area contributed by atoms with Crippen LogP contribution in [0.25, 0.3) is 10.8 Å². The van der Waals surface area contributed by atoms with Gasteiger partial charge in [0.05, 0.1) is 6.61 Å². The van der Waals surface area contributed by atoms with E-state index in [-0.39, 0.29) is 17.9 Å². The van der Waals surface area contributed by atoms with Crippen LogP contribution in [0.15, 0.2) is 42.5 Å². The molecule has 0 aromatic heterocycles. The maximum Gasteiger partial charge on any atom is 0.317 e. The quantitative estimate of drug-likeness (QED) is 0.769. The van der Waals surface area contributed by atoms with Crippen LogP contribution >= 0.6 is 0 Å². The zero-order valence-electron chi connectivity index (χ0n) is 15.7. The van der Waals surface area contributed by atoms with Gasteiger partial charge in [-0.05, 0) is 35.6 Å². The number of amides is 3. The highest BCUT2D eigenvalue weighted by atomic mass is 16.5. The first-order chi connectivity index (χ1) is 13.2. The van der Waals surface area contributed by atoms with Gasteiger partial charge < -0.3 is 20.3 Å². The molecular formula is C21H27N3O3. The lowest BCUT2D eigenvalue weighted by atomic mass is 9.98. The third-order valence-corrected chi connectivity index (χ3v) is 4.97. The van der Waals surface area contributed by atoms with Gasteiger partial charge in [0, 0.05) is 38.9 Å². The van der Waals surface area contributed by atoms with Crippen LogP contribution in [-0.4, -0.2) is 56.7 Å². The minimum atomic E-state index is -0.0616. The highest BCUT2D eigenvalue weighted by molar-refractivity contribution is 6.06. The lowest BCUT2D eigenvalue weighted by Gasteiger charge is -2.32. The van der Waals surface area contributed by atoms with E-state index in [1.54, 1.807) is 7.11 Å². The van der Waals surface area contributed by atoms with Crippen molar-refractivity contribution in [1.82, 2.24) is 15.5 Å². The van der Waals surface area contributed by atoms with Crippen molar-refractivity contribution in [3.05, 3.63) is 48.0 Å². The Hall–Kier alpha value is -2.60. The van der Waals surface area contributed by atoms with Crippen molar-refractivity contribution in [3.63, 3.8) is 0 Å². The van der Waals surface area contributed by atoms with Gasteiger partial charge in [-0.3, -0.25) is 4.79 Å². The summed E-state index contributed by atoms with van der Waals surface area (Å²) in [6, 6.07) is 13.6. The summed E-state index contributed by atoms with van der Waals surface area (Å²) in [6.45, 7) is 3.00. The Morgan fingerprint density at radius 1 is 1.15 bits per heavy atom. The molecule has 0 saturated carbocycles. The van der Waals surface area contributed by atoms with Crippen molar-refractivity contribution in [1.29, 1.82) is 0 Å². The van der Waals surface area contributed by atoms with E-state index in [1.807, 2.05) is 47.4 Å². The van der Waals surface area contributed by atoms with E-state index in [4.69, 9.17) is 4.74 Å². The smallest absolute Gasteiger partial charge is 0.317 e. The van der Waals surface area contributed by atoms with Gasteiger partial charge in [-0.2, -0.15) is 0 Å². The predicted octanol–water partition coefficient (Wildman–Crippen LogP) is 2.64. The summed E-state index contributed by atoms with van der Waals surface area (Å²) in [5, 5.41) is 7.93. The minimum Gasteiger partial charge on any atom is -0.383 e. The van der Waals surface area contributed by atoms with Crippen molar-refractivity contribution in [2.45, 2.75) is 12.8 Å². The molecule has 2 N–H and O–H groups in total. The molecule has 2 aromatic carbocycles. The Balaban J connectivity index is 1.54. The molecule has 1 aliphatic rings. The standard InChI is InChI=1S/C21H27N3O3/c1-27-13-11-22-21(26)24-12-5-6-16(15-24)14-23-20(25)19-10-4-8-17-7-2-3-9-18(17)19/h2-4,7-10,16H,5-6,11-15H2,1H3,(H,22,26)(H,23,25)/t16-/m0/s1. The predicted molar refractivity (Wildman–Crippen MR) is 106 cm³/mol. The molecule has 6 nitrogen and oxygen atoms in total. The van der Waals surface area contributed by atoms with Crippen LogP contribution < -0.4 is 10.6 Å². The Labute approximate surface area is 159 Å². The number of methoxy groups -OCH3 is 1. The Bertz CT molecular complexity index is 788. The van der Waals surface area contributed by atoms with Crippen molar-refractivity contribution in [3.8, 4) is 0 Å². The van der Waals surface area contributed by atoms with Crippen molar-refractivity contribution in [2.75, 3.05) is 39.9 Å². The third kappa shape index (κ3) is 4.98. The number of carbonyl (C=O) groups is 2. The number of nitrogens with one attached hydrogen (secondary N) is 2. The number of benzene rings is 2. The van der Waals surface area contributed by atoms with E-state index in [2.05, 4.69) is 10.6 Å². The molecule has 3 rings (SSSR count). The molecule has 0 aliphatic carbocycles. The lowest BCUT2D eigenvalue weighted by Crippen LogP contribution is -2.48. The van der Waals surface area contributed by atoms with Gasteiger partial charge in [0.15, 0.2) is 0 Å². The first-order valence-corrected chi connectivity index (χ1v) is 9.46. The maximum atomic E-state index is 12.7. The third-order valence-electron chi connectivity index (χ3n) is 4.97. The molecule has 1 atom stereocenters. The van der Waals surface area contributed by atoms with E-state index < -0.39 is 0 Å². The van der Waals surface area contributed by atoms with E-state index in [9.17, 15) is 9.59 Å². The van der Waals surface area contributed by atoms with Gasteiger partial charge in [-0.1, -0.05) is 36.4 Å². The molecule has 0 spiro atoms. The van der Waals surface area contributed by atoms with Crippen LogP contribution in [0.4, 0.5) is 4.79 Å². The topological polar surface area (TPSA) is 70.7 Å². The normalized spacial score (nSPS) is 16.9. The van der Waals surface area contributed by atoms with Crippen LogP contribution in [0.3, 0.4) is 0 Å². The molecule has 6 heteroatoms. The number of likely N-dealkylation sites (tertiary alicyclic amines) is 1. The zero-order valence-corrected chi connectivity index (χ0v) is 15.7. The van der Waals surface area contributed by atoms with Crippen molar-refractivity contribution < 1.29 is 14.3 Å². The summed E-state index contributed by atoms with van der Waals surface area (Å²) in [5.41, 5.74) is 0.693. The second-order valence-electron chi connectivity index (χ2n) is 6.92. The monoisotopic (exact) mass is 369 g/mol. The minimum absolute atomic E-state index is 0.0582. The average molecular weight is 369 g/mol. The van der Waals surface area contributed by atoms with Crippen LogP contribution in [0.1, 0.15) is 23.2 Å². The Morgan fingerprint density at radius 2 is 1.96 bits per heavy atom. The number of carbonyl (C=O) groups excluding carboxylic acids is 2. The van der Waals surface area contributed by atoms with Gasteiger partial charge in [-0.15, -0.1) is 0 Å². The fourth-order valence-electron chi connectivity index (χ4n) is 3.54. The second kappa shape index (κ2) is 9.37. The number of fused-ring (bicyclic) bond motifs is 1. The van der Waals surface area contributed by atoms with E-state index in [0.29, 0.717) is 31.8 Å². The largest absolute Gasteiger partial charge is 0.383 e. The van der Waals surface area contributed by atoms with Crippen LogP contribution in [0.2, 0.25) is 0 Å². The number of hydrogen-bond donors (Lipinski definition) is 2. The molecule has 1 heterocycles. The molecule has 0 unspecified atom stereocenters.